The van der Waals surface area contributed by atoms with Gasteiger partial charge in [0.05, 0.1) is 23.9 Å². The second kappa shape index (κ2) is 6.61. The fraction of sp³-hybridized carbons (Fsp3) is 0.222. The first-order valence-corrected chi connectivity index (χ1v) is 7.73. The molecule has 1 aromatic carbocycles. The number of amides is 3. The number of urea groups is 1. The molecule has 1 unspecified atom stereocenters. The van der Waals surface area contributed by atoms with Gasteiger partial charge in [0.1, 0.15) is 12.4 Å². The standard InChI is InChI=1S/C18H16N4O3/c1-18(15-7-2-3-8-20-15)16(23)22(17(24)21-18)9-10-25-14-6-4-5-13(11-14)12-19/h2-8,11H,9-10H2,1H3,(H,21,24). The van der Waals surface area contributed by atoms with Gasteiger partial charge in [0, 0.05) is 6.20 Å². The number of carbonyl (C=O) groups excluding carboxylic acids is 2. The molecule has 2 aromatic rings. The van der Waals surface area contributed by atoms with Crippen LogP contribution in [0.3, 0.4) is 0 Å². The second-order valence-electron chi connectivity index (χ2n) is 5.72. The van der Waals surface area contributed by atoms with Crippen molar-refractivity contribution in [2.24, 2.45) is 0 Å². The van der Waals surface area contributed by atoms with Crippen molar-refractivity contribution in [3.8, 4) is 11.8 Å². The van der Waals surface area contributed by atoms with Crippen LogP contribution in [0.4, 0.5) is 4.79 Å². The predicted octanol–water partition coefficient (Wildman–Crippen LogP) is 1.80. The molecule has 1 aliphatic heterocycles. The Morgan fingerprint density at radius 1 is 1.28 bits per heavy atom. The summed E-state index contributed by atoms with van der Waals surface area (Å²) in [6.07, 6.45) is 1.58. The van der Waals surface area contributed by atoms with Crippen LogP contribution in [-0.2, 0) is 10.3 Å². The number of carbonyl (C=O) groups is 2. The first-order valence-electron chi connectivity index (χ1n) is 7.73. The Kier molecular flexibility index (Phi) is 4.35. The minimum absolute atomic E-state index is 0.101. The van der Waals surface area contributed by atoms with E-state index in [1.807, 2.05) is 6.07 Å². The second-order valence-corrected chi connectivity index (χ2v) is 5.72. The highest BCUT2D eigenvalue weighted by atomic mass is 16.5. The van der Waals surface area contributed by atoms with Gasteiger partial charge in [0.2, 0.25) is 0 Å². The summed E-state index contributed by atoms with van der Waals surface area (Å²) in [6.45, 7) is 1.86. The molecular weight excluding hydrogens is 320 g/mol. The van der Waals surface area contributed by atoms with E-state index in [2.05, 4.69) is 10.3 Å². The number of ether oxygens (including phenoxy) is 1. The summed E-state index contributed by atoms with van der Waals surface area (Å²) in [5.74, 6) is 0.143. The van der Waals surface area contributed by atoms with Crippen molar-refractivity contribution in [1.82, 2.24) is 15.2 Å². The number of aromatic nitrogens is 1. The number of nitriles is 1. The Hall–Kier alpha value is -3.40. The van der Waals surface area contributed by atoms with E-state index >= 15 is 0 Å². The lowest BCUT2D eigenvalue weighted by atomic mass is 9.97. The lowest BCUT2D eigenvalue weighted by Crippen LogP contribution is -2.42. The molecule has 1 fully saturated rings. The van der Waals surface area contributed by atoms with E-state index in [1.165, 1.54) is 0 Å². The third kappa shape index (κ3) is 3.15. The highest BCUT2D eigenvalue weighted by molar-refractivity contribution is 6.06. The smallest absolute Gasteiger partial charge is 0.325 e. The van der Waals surface area contributed by atoms with Crippen molar-refractivity contribution in [3.63, 3.8) is 0 Å². The molecule has 1 N–H and O–H groups in total. The third-order valence-electron chi connectivity index (χ3n) is 4.00. The lowest BCUT2D eigenvalue weighted by molar-refractivity contribution is -0.131. The molecule has 1 aliphatic rings. The summed E-state index contributed by atoms with van der Waals surface area (Å²) >= 11 is 0. The Balaban J connectivity index is 1.66. The number of pyridine rings is 1. The van der Waals surface area contributed by atoms with E-state index in [1.54, 1.807) is 55.6 Å². The molecule has 0 spiro atoms. The summed E-state index contributed by atoms with van der Waals surface area (Å²) < 4.78 is 5.54. The monoisotopic (exact) mass is 336 g/mol. The van der Waals surface area contributed by atoms with Gasteiger partial charge in [-0.1, -0.05) is 12.1 Å². The molecule has 1 atom stereocenters. The molecule has 25 heavy (non-hydrogen) atoms. The van der Waals surface area contributed by atoms with E-state index in [4.69, 9.17) is 10.00 Å². The zero-order chi connectivity index (χ0) is 17.9. The molecule has 0 aliphatic carbocycles. The molecular formula is C18H16N4O3. The molecule has 0 saturated carbocycles. The average Bonchev–Trinajstić information content (AvgIpc) is 2.86. The highest BCUT2D eigenvalue weighted by Crippen LogP contribution is 2.27. The van der Waals surface area contributed by atoms with Crippen LogP contribution in [0, 0.1) is 11.3 Å². The maximum absolute atomic E-state index is 12.7. The Labute approximate surface area is 144 Å². The summed E-state index contributed by atoms with van der Waals surface area (Å²) in [5.41, 5.74) is -0.215. The van der Waals surface area contributed by atoms with E-state index in [-0.39, 0.29) is 19.1 Å². The molecule has 2 heterocycles. The summed E-state index contributed by atoms with van der Waals surface area (Å²) in [4.78, 5) is 30.2. The third-order valence-corrected chi connectivity index (χ3v) is 4.00. The van der Waals surface area contributed by atoms with E-state index in [0.29, 0.717) is 17.0 Å². The zero-order valence-electron chi connectivity index (χ0n) is 13.6. The van der Waals surface area contributed by atoms with E-state index < -0.39 is 11.6 Å². The molecule has 3 amide bonds. The maximum Gasteiger partial charge on any atom is 0.325 e. The van der Waals surface area contributed by atoms with Gasteiger partial charge in [-0.15, -0.1) is 0 Å². The SMILES string of the molecule is CC1(c2ccccn2)NC(=O)N(CCOc2cccc(C#N)c2)C1=O. The molecule has 126 valence electrons. The van der Waals surface area contributed by atoms with Crippen molar-refractivity contribution in [3.05, 3.63) is 59.9 Å². The van der Waals surface area contributed by atoms with Gasteiger partial charge in [-0.25, -0.2) is 4.79 Å². The van der Waals surface area contributed by atoms with Gasteiger partial charge in [-0.05, 0) is 37.3 Å². The maximum atomic E-state index is 12.7. The molecule has 7 nitrogen and oxygen atoms in total. The van der Waals surface area contributed by atoms with Crippen LogP contribution in [0.1, 0.15) is 18.2 Å². The number of nitrogens with zero attached hydrogens (tertiary/aromatic N) is 3. The quantitative estimate of drug-likeness (QED) is 0.840. The number of rotatable bonds is 5. The van der Waals surface area contributed by atoms with Gasteiger partial charge in [0.25, 0.3) is 5.91 Å². The number of hydrogen-bond donors (Lipinski definition) is 1. The van der Waals surface area contributed by atoms with Crippen molar-refractivity contribution in [2.45, 2.75) is 12.5 Å². The fourth-order valence-corrected chi connectivity index (χ4v) is 2.64. The largest absolute Gasteiger partial charge is 0.492 e. The fourth-order valence-electron chi connectivity index (χ4n) is 2.64. The number of nitrogens with one attached hydrogen (secondary N) is 1. The van der Waals surface area contributed by atoms with Crippen LogP contribution in [-0.4, -0.2) is 35.0 Å². The van der Waals surface area contributed by atoms with Gasteiger partial charge in [0.15, 0.2) is 5.54 Å². The van der Waals surface area contributed by atoms with Crippen LogP contribution in [0.5, 0.6) is 5.75 Å². The summed E-state index contributed by atoms with van der Waals surface area (Å²) in [7, 11) is 0. The first kappa shape index (κ1) is 16.5. The topological polar surface area (TPSA) is 95.3 Å². The molecule has 1 saturated heterocycles. The molecule has 1 aromatic heterocycles. The predicted molar refractivity (Wildman–Crippen MR) is 88.5 cm³/mol. The van der Waals surface area contributed by atoms with Crippen molar-refractivity contribution >= 4 is 11.9 Å². The van der Waals surface area contributed by atoms with Gasteiger partial charge < -0.3 is 10.1 Å². The normalized spacial score (nSPS) is 19.4. The number of hydrogen-bond acceptors (Lipinski definition) is 5. The van der Waals surface area contributed by atoms with Crippen LogP contribution >= 0.6 is 0 Å². The van der Waals surface area contributed by atoms with Crippen molar-refractivity contribution < 1.29 is 14.3 Å². The van der Waals surface area contributed by atoms with Crippen molar-refractivity contribution in [1.29, 1.82) is 5.26 Å². The Morgan fingerprint density at radius 3 is 2.84 bits per heavy atom. The van der Waals surface area contributed by atoms with Gasteiger partial charge in [-0.2, -0.15) is 5.26 Å². The number of imide groups is 1. The summed E-state index contributed by atoms with van der Waals surface area (Å²) in [5, 5.41) is 11.6. The minimum atomic E-state index is -1.18. The lowest BCUT2D eigenvalue weighted by Gasteiger charge is -2.20. The van der Waals surface area contributed by atoms with Crippen LogP contribution in [0.15, 0.2) is 48.7 Å². The Bertz CT molecular complexity index is 847. The first-order chi connectivity index (χ1) is 12.0. The highest BCUT2D eigenvalue weighted by Gasteiger charge is 2.49. The molecule has 0 bridgehead atoms. The van der Waals surface area contributed by atoms with Crippen LogP contribution < -0.4 is 10.1 Å². The molecule has 7 heteroatoms. The summed E-state index contributed by atoms with van der Waals surface area (Å²) in [6, 6.07) is 13.4. The van der Waals surface area contributed by atoms with Crippen LogP contribution in [0.2, 0.25) is 0 Å². The molecule has 3 rings (SSSR count). The van der Waals surface area contributed by atoms with E-state index in [0.717, 1.165) is 4.90 Å². The van der Waals surface area contributed by atoms with Crippen molar-refractivity contribution in [2.75, 3.05) is 13.2 Å². The average molecular weight is 336 g/mol. The number of benzene rings is 1. The van der Waals surface area contributed by atoms with E-state index in [9.17, 15) is 9.59 Å². The van der Waals surface area contributed by atoms with Gasteiger partial charge in [-0.3, -0.25) is 14.7 Å². The molecule has 0 radical (unpaired) electrons. The van der Waals surface area contributed by atoms with Gasteiger partial charge >= 0.3 is 6.03 Å². The zero-order valence-corrected chi connectivity index (χ0v) is 13.6. The minimum Gasteiger partial charge on any atom is -0.492 e. The Morgan fingerprint density at radius 2 is 2.12 bits per heavy atom. The van der Waals surface area contributed by atoms with Crippen LogP contribution in [0.25, 0.3) is 0 Å².